The first-order valence-corrected chi connectivity index (χ1v) is 4.18. The molecule has 1 rings (SSSR count). The van der Waals surface area contributed by atoms with Crippen LogP contribution < -0.4 is 5.32 Å². The Morgan fingerprint density at radius 2 is 1.67 bits per heavy atom. The summed E-state index contributed by atoms with van der Waals surface area (Å²) in [6.07, 6.45) is 0. The number of carboxylic acids is 1. The number of para-hydroxylation sites is 2. The summed E-state index contributed by atoms with van der Waals surface area (Å²) >= 11 is 0. The van der Waals surface area contributed by atoms with Crippen molar-refractivity contribution >= 4 is 17.6 Å². The van der Waals surface area contributed by atoms with Gasteiger partial charge in [0.1, 0.15) is 5.75 Å². The molecule has 0 bridgehead atoms. The summed E-state index contributed by atoms with van der Waals surface area (Å²) in [5, 5.41) is 19.0. The van der Waals surface area contributed by atoms with Crippen LogP contribution in [-0.2, 0) is 9.59 Å². The standard InChI is InChI=1S/C8H9NO2.C2H4O2/c1-6(10)9-7-4-2-3-5-8(7)11;1-2(3)4/h2-5,11H,1H3,(H,9,10);1H3,(H,3,4). The zero-order valence-electron chi connectivity index (χ0n) is 8.52. The molecule has 0 aliphatic rings. The van der Waals surface area contributed by atoms with Gasteiger partial charge in [-0.3, -0.25) is 9.59 Å². The summed E-state index contributed by atoms with van der Waals surface area (Å²) in [5.74, 6) is -0.936. The van der Waals surface area contributed by atoms with Crippen molar-refractivity contribution in [3.05, 3.63) is 24.3 Å². The van der Waals surface area contributed by atoms with Gasteiger partial charge in [-0.2, -0.15) is 0 Å². The Morgan fingerprint density at radius 3 is 2.07 bits per heavy atom. The van der Waals surface area contributed by atoms with Crippen LogP contribution in [0.2, 0.25) is 0 Å². The Bertz CT molecular complexity index is 345. The third-order valence-electron chi connectivity index (χ3n) is 1.21. The quantitative estimate of drug-likeness (QED) is 0.613. The SMILES string of the molecule is CC(=O)Nc1ccccc1O.CC(=O)O. The van der Waals surface area contributed by atoms with Crippen LogP contribution in [0.15, 0.2) is 24.3 Å². The van der Waals surface area contributed by atoms with E-state index in [1.165, 1.54) is 13.0 Å². The van der Waals surface area contributed by atoms with E-state index >= 15 is 0 Å². The first kappa shape index (κ1) is 13.0. The number of phenolic OH excluding ortho intramolecular Hbond substituents is 1. The summed E-state index contributed by atoms with van der Waals surface area (Å²) in [5.41, 5.74) is 0.444. The van der Waals surface area contributed by atoms with Crippen molar-refractivity contribution in [2.75, 3.05) is 5.32 Å². The van der Waals surface area contributed by atoms with Gasteiger partial charge in [0.25, 0.3) is 5.97 Å². The van der Waals surface area contributed by atoms with E-state index in [-0.39, 0.29) is 11.7 Å². The molecule has 0 saturated heterocycles. The number of carbonyl (C=O) groups excluding carboxylic acids is 1. The Labute approximate surface area is 87.4 Å². The molecular formula is C10H13NO4. The van der Waals surface area contributed by atoms with Crippen LogP contribution in [0, 0.1) is 0 Å². The number of carbonyl (C=O) groups is 2. The molecule has 1 aromatic rings. The van der Waals surface area contributed by atoms with E-state index < -0.39 is 5.97 Å². The minimum Gasteiger partial charge on any atom is -0.506 e. The Kier molecular flexibility index (Phi) is 5.55. The van der Waals surface area contributed by atoms with Gasteiger partial charge in [0, 0.05) is 13.8 Å². The fourth-order valence-corrected chi connectivity index (χ4v) is 0.769. The van der Waals surface area contributed by atoms with Gasteiger partial charge in [-0.25, -0.2) is 0 Å². The molecule has 5 nitrogen and oxygen atoms in total. The van der Waals surface area contributed by atoms with Gasteiger partial charge in [0.15, 0.2) is 0 Å². The fraction of sp³-hybridized carbons (Fsp3) is 0.200. The van der Waals surface area contributed by atoms with E-state index in [0.29, 0.717) is 5.69 Å². The normalized spacial score (nSPS) is 8.40. The van der Waals surface area contributed by atoms with E-state index in [1.54, 1.807) is 18.2 Å². The first-order valence-electron chi connectivity index (χ1n) is 4.18. The molecule has 0 spiro atoms. The van der Waals surface area contributed by atoms with E-state index in [2.05, 4.69) is 5.32 Å². The smallest absolute Gasteiger partial charge is 0.300 e. The number of hydrogen-bond acceptors (Lipinski definition) is 3. The molecule has 0 aliphatic carbocycles. The van der Waals surface area contributed by atoms with Crippen LogP contribution in [0.4, 0.5) is 5.69 Å². The molecule has 0 atom stereocenters. The maximum Gasteiger partial charge on any atom is 0.300 e. The number of nitrogens with one attached hydrogen (secondary N) is 1. The molecule has 0 aliphatic heterocycles. The maximum atomic E-state index is 10.5. The van der Waals surface area contributed by atoms with E-state index in [0.717, 1.165) is 6.92 Å². The minimum atomic E-state index is -0.833. The van der Waals surface area contributed by atoms with Crippen LogP contribution in [0.3, 0.4) is 0 Å². The van der Waals surface area contributed by atoms with Crippen molar-refractivity contribution in [1.29, 1.82) is 0 Å². The molecule has 0 saturated carbocycles. The summed E-state index contributed by atoms with van der Waals surface area (Å²) in [7, 11) is 0. The zero-order chi connectivity index (χ0) is 11.8. The van der Waals surface area contributed by atoms with E-state index in [9.17, 15) is 4.79 Å². The molecule has 0 unspecified atom stereocenters. The summed E-state index contributed by atoms with van der Waals surface area (Å²) < 4.78 is 0. The average molecular weight is 211 g/mol. The van der Waals surface area contributed by atoms with Crippen LogP contribution in [-0.4, -0.2) is 22.1 Å². The molecule has 82 valence electrons. The lowest BCUT2D eigenvalue weighted by molar-refractivity contribution is -0.134. The summed E-state index contributed by atoms with van der Waals surface area (Å²) in [6, 6.07) is 6.59. The lowest BCUT2D eigenvalue weighted by Crippen LogP contribution is -2.05. The van der Waals surface area contributed by atoms with Gasteiger partial charge in [0.2, 0.25) is 5.91 Å². The van der Waals surface area contributed by atoms with Gasteiger partial charge in [-0.15, -0.1) is 0 Å². The number of phenols is 1. The van der Waals surface area contributed by atoms with Crippen molar-refractivity contribution in [1.82, 2.24) is 0 Å². The average Bonchev–Trinajstić information content (AvgIpc) is 2.07. The van der Waals surface area contributed by atoms with Crippen LogP contribution in [0.25, 0.3) is 0 Å². The Hall–Kier alpha value is -2.04. The second kappa shape index (κ2) is 6.42. The second-order valence-electron chi connectivity index (χ2n) is 2.72. The number of benzene rings is 1. The van der Waals surface area contributed by atoms with Crippen molar-refractivity contribution in [3.8, 4) is 5.75 Å². The van der Waals surface area contributed by atoms with Gasteiger partial charge in [0.05, 0.1) is 5.69 Å². The molecule has 1 amide bonds. The van der Waals surface area contributed by atoms with Crippen molar-refractivity contribution in [2.45, 2.75) is 13.8 Å². The first-order chi connectivity index (χ1) is 6.93. The third-order valence-corrected chi connectivity index (χ3v) is 1.21. The van der Waals surface area contributed by atoms with E-state index in [1.807, 2.05) is 0 Å². The molecule has 0 aromatic heterocycles. The summed E-state index contributed by atoms with van der Waals surface area (Å²) in [4.78, 5) is 19.5. The molecule has 0 radical (unpaired) electrons. The highest BCUT2D eigenvalue weighted by molar-refractivity contribution is 5.90. The monoisotopic (exact) mass is 211 g/mol. The maximum absolute atomic E-state index is 10.5. The predicted octanol–water partition coefficient (Wildman–Crippen LogP) is 1.44. The van der Waals surface area contributed by atoms with E-state index in [4.69, 9.17) is 15.0 Å². The zero-order valence-corrected chi connectivity index (χ0v) is 8.52. The third kappa shape index (κ3) is 7.06. The number of aromatic hydroxyl groups is 1. The van der Waals surface area contributed by atoms with Crippen LogP contribution >= 0.6 is 0 Å². The highest BCUT2D eigenvalue weighted by Crippen LogP contribution is 2.20. The molecule has 5 heteroatoms. The summed E-state index contributed by atoms with van der Waals surface area (Å²) in [6.45, 7) is 2.48. The lowest BCUT2D eigenvalue weighted by Gasteiger charge is -2.02. The minimum absolute atomic E-state index is 0.0858. The largest absolute Gasteiger partial charge is 0.506 e. The molecule has 0 fully saturated rings. The van der Waals surface area contributed by atoms with Gasteiger partial charge >= 0.3 is 0 Å². The number of aliphatic carboxylic acids is 1. The highest BCUT2D eigenvalue weighted by Gasteiger charge is 1.98. The molecule has 15 heavy (non-hydrogen) atoms. The topological polar surface area (TPSA) is 86.6 Å². The second-order valence-corrected chi connectivity index (χ2v) is 2.72. The van der Waals surface area contributed by atoms with Gasteiger partial charge in [-0.1, -0.05) is 12.1 Å². The Balaban J connectivity index is 0.000000423. The number of carboxylic acid groups (broad SMARTS) is 1. The number of rotatable bonds is 1. The fourth-order valence-electron chi connectivity index (χ4n) is 0.769. The predicted molar refractivity (Wildman–Crippen MR) is 55.7 cm³/mol. The van der Waals surface area contributed by atoms with Gasteiger partial charge < -0.3 is 15.5 Å². The Morgan fingerprint density at radius 1 is 1.20 bits per heavy atom. The number of amides is 1. The van der Waals surface area contributed by atoms with Crippen LogP contribution in [0.1, 0.15) is 13.8 Å². The molecule has 3 N–H and O–H groups in total. The lowest BCUT2D eigenvalue weighted by atomic mass is 10.3. The number of anilines is 1. The van der Waals surface area contributed by atoms with Crippen molar-refractivity contribution in [2.24, 2.45) is 0 Å². The van der Waals surface area contributed by atoms with Crippen molar-refractivity contribution < 1.29 is 19.8 Å². The van der Waals surface area contributed by atoms with Crippen LogP contribution in [0.5, 0.6) is 5.75 Å². The number of hydrogen-bond donors (Lipinski definition) is 3. The molecule has 0 heterocycles. The van der Waals surface area contributed by atoms with Crippen molar-refractivity contribution in [3.63, 3.8) is 0 Å². The van der Waals surface area contributed by atoms with Gasteiger partial charge in [-0.05, 0) is 12.1 Å². The highest BCUT2D eigenvalue weighted by atomic mass is 16.4. The molecule has 1 aromatic carbocycles. The molecular weight excluding hydrogens is 198 g/mol.